The molecule has 0 spiro atoms. The lowest BCUT2D eigenvalue weighted by Gasteiger charge is -2.32. The molecule has 0 unspecified atom stereocenters. The Balaban J connectivity index is 1.34. The van der Waals surface area contributed by atoms with Crippen molar-refractivity contribution in [1.82, 2.24) is 4.98 Å². The Morgan fingerprint density at radius 2 is 1.03 bits per heavy atom. The predicted molar refractivity (Wildman–Crippen MR) is 155 cm³/mol. The van der Waals surface area contributed by atoms with Crippen LogP contribution in [0.15, 0.2) is 97.1 Å². The lowest BCUT2D eigenvalue weighted by molar-refractivity contribution is 0.00578. The van der Waals surface area contributed by atoms with Crippen LogP contribution in [0.2, 0.25) is 0 Å². The van der Waals surface area contributed by atoms with Gasteiger partial charge in [0.2, 0.25) is 0 Å². The van der Waals surface area contributed by atoms with Crippen molar-refractivity contribution in [3.05, 3.63) is 97.1 Å². The van der Waals surface area contributed by atoms with Crippen LogP contribution < -0.4 is 5.46 Å². The van der Waals surface area contributed by atoms with Crippen LogP contribution >= 0.6 is 0 Å². The van der Waals surface area contributed by atoms with Gasteiger partial charge in [-0.05, 0) is 89.7 Å². The van der Waals surface area contributed by atoms with E-state index in [4.69, 9.17) is 14.3 Å². The molecule has 0 radical (unpaired) electrons. The van der Waals surface area contributed by atoms with Gasteiger partial charge in [0.05, 0.1) is 22.6 Å². The Bertz CT molecular complexity index is 1710. The summed E-state index contributed by atoms with van der Waals surface area (Å²) in [6, 6.07) is 34.5. The average molecular weight is 481 g/mol. The van der Waals surface area contributed by atoms with E-state index in [1.54, 1.807) is 0 Å². The Morgan fingerprint density at radius 3 is 1.57 bits per heavy atom. The highest BCUT2D eigenvalue weighted by Gasteiger charge is 2.51. The van der Waals surface area contributed by atoms with Gasteiger partial charge in [-0.3, -0.25) is 0 Å². The van der Waals surface area contributed by atoms with Gasteiger partial charge in [0.25, 0.3) is 0 Å². The fourth-order valence-corrected chi connectivity index (χ4v) is 5.49. The third-order valence-corrected chi connectivity index (χ3v) is 8.20. The largest absolute Gasteiger partial charge is 0.494 e. The van der Waals surface area contributed by atoms with E-state index in [0.29, 0.717) is 0 Å². The molecular weight excluding hydrogens is 453 g/mol. The van der Waals surface area contributed by atoms with Gasteiger partial charge in [0.15, 0.2) is 0 Å². The Kier molecular flexibility index (Phi) is 4.79. The zero-order valence-electron chi connectivity index (χ0n) is 21.6. The second-order valence-corrected chi connectivity index (χ2v) is 11.1. The Labute approximate surface area is 217 Å². The van der Waals surface area contributed by atoms with E-state index in [1.165, 1.54) is 32.3 Å². The molecule has 0 saturated carbocycles. The van der Waals surface area contributed by atoms with Crippen molar-refractivity contribution >= 4 is 44.9 Å². The molecule has 0 N–H and O–H groups in total. The van der Waals surface area contributed by atoms with Crippen molar-refractivity contribution in [3.63, 3.8) is 0 Å². The SMILES string of the molecule is CC1(C)OB(c2cc3ccc4cc(-c5cccc(-c6ccccc6)n5)cc5ccc(c2)c3c45)OC1(C)C. The summed E-state index contributed by atoms with van der Waals surface area (Å²) in [5.41, 5.74) is 4.55. The first-order valence-corrected chi connectivity index (χ1v) is 12.9. The molecule has 1 saturated heterocycles. The van der Waals surface area contributed by atoms with Crippen LogP contribution in [-0.4, -0.2) is 23.3 Å². The van der Waals surface area contributed by atoms with Crippen LogP contribution in [-0.2, 0) is 9.31 Å². The lowest BCUT2D eigenvalue weighted by Crippen LogP contribution is -2.41. The molecule has 1 aromatic heterocycles. The van der Waals surface area contributed by atoms with E-state index < -0.39 is 0 Å². The molecule has 1 aliphatic heterocycles. The number of hydrogen-bond donors (Lipinski definition) is 0. The van der Waals surface area contributed by atoms with E-state index in [-0.39, 0.29) is 18.3 Å². The Morgan fingerprint density at radius 1 is 0.541 bits per heavy atom. The minimum Gasteiger partial charge on any atom is -0.399 e. The molecule has 4 heteroatoms. The summed E-state index contributed by atoms with van der Waals surface area (Å²) in [5.74, 6) is 0. The highest BCUT2D eigenvalue weighted by Crippen LogP contribution is 2.39. The predicted octanol–water partition coefficient (Wildman–Crippen LogP) is 7.61. The molecule has 2 heterocycles. The van der Waals surface area contributed by atoms with E-state index in [9.17, 15) is 0 Å². The van der Waals surface area contributed by atoms with Gasteiger partial charge >= 0.3 is 7.12 Å². The first kappa shape index (κ1) is 22.5. The quantitative estimate of drug-likeness (QED) is 0.193. The molecule has 37 heavy (non-hydrogen) atoms. The Hall–Kier alpha value is -3.73. The van der Waals surface area contributed by atoms with Gasteiger partial charge < -0.3 is 9.31 Å². The summed E-state index contributed by atoms with van der Waals surface area (Å²) < 4.78 is 12.7. The number of aromatic nitrogens is 1. The summed E-state index contributed by atoms with van der Waals surface area (Å²) in [5, 5.41) is 7.43. The highest BCUT2D eigenvalue weighted by molar-refractivity contribution is 6.62. The van der Waals surface area contributed by atoms with Crippen LogP contribution in [0.1, 0.15) is 27.7 Å². The number of rotatable bonds is 3. The number of nitrogens with zero attached hydrogens (tertiary/aromatic N) is 1. The van der Waals surface area contributed by atoms with Crippen molar-refractivity contribution in [2.45, 2.75) is 38.9 Å². The van der Waals surface area contributed by atoms with Crippen molar-refractivity contribution < 1.29 is 9.31 Å². The van der Waals surface area contributed by atoms with Gasteiger partial charge in [-0.15, -0.1) is 0 Å². The second-order valence-electron chi connectivity index (χ2n) is 11.1. The van der Waals surface area contributed by atoms with Crippen molar-refractivity contribution in [3.8, 4) is 22.5 Å². The molecule has 6 aromatic rings. The van der Waals surface area contributed by atoms with Gasteiger partial charge in [-0.25, -0.2) is 4.98 Å². The van der Waals surface area contributed by atoms with Crippen molar-refractivity contribution in [2.24, 2.45) is 0 Å². The first-order chi connectivity index (χ1) is 17.8. The average Bonchev–Trinajstić information content (AvgIpc) is 3.14. The van der Waals surface area contributed by atoms with Gasteiger partial charge in [-0.2, -0.15) is 0 Å². The third-order valence-electron chi connectivity index (χ3n) is 8.20. The monoisotopic (exact) mass is 481 g/mol. The molecule has 7 rings (SSSR count). The standard InChI is InChI=1S/C33H28BNO2/c1-32(2)33(3,4)37-34(36-32)27-19-24-15-13-22-17-26(18-23-14-16-25(20-27)31(24)30(22)23)29-12-8-11-28(35-29)21-9-6-5-7-10-21/h5-20H,1-4H3. The summed E-state index contributed by atoms with van der Waals surface area (Å²) in [7, 11) is -0.374. The molecule has 1 aliphatic rings. The molecule has 0 amide bonds. The number of hydrogen-bond acceptors (Lipinski definition) is 3. The maximum absolute atomic E-state index is 6.35. The zero-order chi connectivity index (χ0) is 25.4. The molecule has 5 aromatic carbocycles. The second kappa shape index (κ2) is 7.88. The zero-order valence-corrected chi connectivity index (χ0v) is 21.6. The lowest BCUT2D eigenvalue weighted by atomic mass is 9.76. The van der Waals surface area contributed by atoms with Crippen LogP contribution in [0.4, 0.5) is 0 Å². The normalized spacial score (nSPS) is 16.8. The molecule has 180 valence electrons. The molecular formula is C33H28BNO2. The molecule has 0 aliphatic carbocycles. The van der Waals surface area contributed by atoms with Crippen LogP contribution in [0.5, 0.6) is 0 Å². The molecule has 0 bridgehead atoms. The van der Waals surface area contributed by atoms with Crippen molar-refractivity contribution in [2.75, 3.05) is 0 Å². The van der Waals surface area contributed by atoms with Gasteiger partial charge in [0, 0.05) is 11.1 Å². The van der Waals surface area contributed by atoms with Crippen LogP contribution in [0.25, 0.3) is 54.8 Å². The number of pyridine rings is 1. The van der Waals surface area contributed by atoms with Gasteiger partial charge in [-0.1, -0.05) is 72.8 Å². The highest BCUT2D eigenvalue weighted by atomic mass is 16.7. The smallest absolute Gasteiger partial charge is 0.399 e. The minimum atomic E-state index is -0.374. The first-order valence-electron chi connectivity index (χ1n) is 12.9. The fraction of sp³-hybridized carbons (Fsp3) is 0.182. The maximum atomic E-state index is 6.35. The summed E-state index contributed by atoms with van der Waals surface area (Å²) in [4.78, 5) is 5.00. The van der Waals surface area contributed by atoms with E-state index >= 15 is 0 Å². The minimum absolute atomic E-state index is 0.363. The topological polar surface area (TPSA) is 31.4 Å². The van der Waals surface area contributed by atoms with Crippen LogP contribution in [0.3, 0.4) is 0 Å². The van der Waals surface area contributed by atoms with Gasteiger partial charge in [0.1, 0.15) is 0 Å². The van der Waals surface area contributed by atoms with E-state index in [2.05, 4.69) is 119 Å². The summed E-state index contributed by atoms with van der Waals surface area (Å²) >= 11 is 0. The molecule has 0 atom stereocenters. The summed E-state index contributed by atoms with van der Waals surface area (Å²) in [6.45, 7) is 8.39. The van der Waals surface area contributed by atoms with E-state index in [1.807, 2.05) is 6.07 Å². The summed E-state index contributed by atoms with van der Waals surface area (Å²) in [6.07, 6.45) is 0. The third kappa shape index (κ3) is 3.55. The van der Waals surface area contributed by atoms with Crippen LogP contribution in [0, 0.1) is 0 Å². The molecule has 1 fully saturated rings. The maximum Gasteiger partial charge on any atom is 0.494 e. The van der Waals surface area contributed by atoms with Crippen molar-refractivity contribution in [1.29, 1.82) is 0 Å². The molecule has 3 nitrogen and oxygen atoms in total. The fourth-order valence-electron chi connectivity index (χ4n) is 5.49. The van der Waals surface area contributed by atoms with E-state index in [0.717, 1.165) is 28.0 Å². The number of benzene rings is 5.